The lowest BCUT2D eigenvalue weighted by atomic mass is 9.99. The van der Waals surface area contributed by atoms with E-state index in [-0.39, 0.29) is 48.4 Å². The van der Waals surface area contributed by atoms with E-state index in [2.05, 4.69) is 10.3 Å². The molecule has 1 fully saturated rings. The maximum Gasteiger partial charge on any atom is 0.335 e. The van der Waals surface area contributed by atoms with Crippen molar-refractivity contribution in [3.8, 4) is 0 Å². The first kappa shape index (κ1) is 28.9. The third-order valence-corrected chi connectivity index (χ3v) is 8.16. The van der Waals surface area contributed by atoms with Crippen molar-refractivity contribution >= 4 is 46.3 Å². The fourth-order valence-corrected chi connectivity index (χ4v) is 5.90. The van der Waals surface area contributed by atoms with E-state index in [0.29, 0.717) is 30.2 Å². The minimum absolute atomic E-state index is 0.0788. The topological polar surface area (TPSA) is 119 Å². The summed E-state index contributed by atoms with van der Waals surface area (Å²) in [6.07, 6.45) is 0.488. The van der Waals surface area contributed by atoms with Crippen molar-refractivity contribution < 1.29 is 33.1 Å². The van der Waals surface area contributed by atoms with Gasteiger partial charge in [-0.1, -0.05) is 42.1 Å². The Hall–Kier alpha value is -4.58. The molecule has 0 radical (unpaired) electrons. The number of nitrogens with one attached hydrogen (secondary N) is 1. The van der Waals surface area contributed by atoms with Gasteiger partial charge in [0.1, 0.15) is 16.8 Å². The summed E-state index contributed by atoms with van der Waals surface area (Å²) < 4.78 is 27.9. The molecule has 2 aliphatic rings. The monoisotopic (exact) mass is 592 g/mol. The van der Waals surface area contributed by atoms with E-state index >= 15 is 0 Å². The Labute approximate surface area is 244 Å². The van der Waals surface area contributed by atoms with Gasteiger partial charge in [0.2, 0.25) is 11.8 Å². The molecule has 12 heteroatoms. The number of nitrogens with zero attached hydrogens (tertiary/aromatic N) is 3. The van der Waals surface area contributed by atoms with Crippen LogP contribution in [0.2, 0.25) is 0 Å². The molecule has 0 saturated carbocycles. The van der Waals surface area contributed by atoms with Gasteiger partial charge in [-0.05, 0) is 47.9 Å². The molecule has 42 heavy (non-hydrogen) atoms. The zero-order chi connectivity index (χ0) is 29.8. The molecule has 0 spiro atoms. The second kappa shape index (κ2) is 12.5. The summed E-state index contributed by atoms with van der Waals surface area (Å²) in [5.74, 6) is -3.69. The predicted molar refractivity (Wildman–Crippen MR) is 152 cm³/mol. The lowest BCUT2D eigenvalue weighted by molar-refractivity contribution is -0.129. The van der Waals surface area contributed by atoms with Crippen LogP contribution in [0.3, 0.4) is 0 Å². The number of benzene rings is 3. The largest absolute Gasteiger partial charge is 0.478 e. The second-order valence-electron chi connectivity index (χ2n) is 9.77. The fraction of sp³-hybridized carbons (Fsp3) is 0.233. The van der Waals surface area contributed by atoms with Gasteiger partial charge in [0.15, 0.2) is 11.0 Å². The van der Waals surface area contributed by atoms with E-state index in [1.165, 1.54) is 23.1 Å². The number of hydrogen-bond acceptors (Lipinski definition) is 6. The quantitative estimate of drug-likeness (QED) is 0.388. The van der Waals surface area contributed by atoms with Crippen LogP contribution < -0.4 is 5.32 Å². The Morgan fingerprint density at radius 2 is 1.79 bits per heavy atom. The van der Waals surface area contributed by atoms with E-state index in [4.69, 9.17) is 5.11 Å². The van der Waals surface area contributed by atoms with Crippen LogP contribution in [0.15, 0.2) is 71.7 Å². The zero-order valence-electron chi connectivity index (χ0n) is 22.3. The maximum absolute atomic E-state index is 14.4. The number of aromatic carboxylic acids is 1. The smallest absolute Gasteiger partial charge is 0.335 e. The highest BCUT2D eigenvalue weighted by molar-refractivity contribution is 8.15. The molecule has 3 amide bonds. The van der Waals surface area contributed by atoms with Crippen molar-refractivity contribution in [2.45, 2.75) is 24.6 Å². The Balaban J connectivity index is 1.28. The van der Waals surface area contributed by atoms with Crippen LogP contribution in [-0.2, 0) is 22.6 Å². The lowest BCUT2D eigenvalue weighted by Gasteiger charge is -2.30. The number of rotatable bonds is 9. The van der Waals surface area contributed by atoms with E-state index < -0.39 is 34.7 Å². The van der Waals surface area contributed by atoms with Gasteiger partial charge in [0.05, 0.1) is 5.56 Å². The van der Waals surface area contributed by atoms with Crippen LogP contribution in [0.5, 0.6) is 0 Å². The summed E-state index contributed by atoms with van der Waals surface area (Å²) in [4.78, 5) is 57.5. The molecule has 9 nitrogen and oxygen atoms in total. The summed E-state index contributed by atoms with van der Waals surface area (Å²) in [5, 5.41) is 11.1. The van der Waals surface area contributed by atoms with Gasteiger partial charge in [-0.15, -0.1) is 0 Å². The molecule has 216 valence electrons. The molecule has 0 aliphatic carbocycles. The molecule has 3 aromatic rings. The molecule has 0 aromatic heterocycles. The number of carbonyl (C=O) groups is 4. The molecule has 0 bridgehead atoms. The summed E-state index contributed by atoms with van der Waals surface area (Å²) in [6, 6.07) is 16.3. The number of hydrogen-bond donors (Lipinski definition) is 2. The van der Waals surface area contributed by atoms with E-state index in [9.17, 15) is 28.0 Å². The number of halogens is 2. The molecular formula is C30H26F2N4O5S. The van der Waals surface area contributed by atoms with Crippen molar-refractivity contribution in [2.24, 2.45) is 4.99 Å². The molecule has 2 heterocycles. The Kier molecular flexibility index (Phi) is 8.62. The van der Waals surface area contributed by atoms with Crippen molar-refractivity contribution in [2.75, 3.05) is 19.6 Å². The first-order chi connectivity index (χ1) is 20.2. The molecule has 3 aromatic carbocycles. The van der Waals surface area contributed by atoms with Crippen molar-refractivity contribution in [3.63, 3.8) is 0 Å². The summed E-state index contributed by atoms with van der Waals surface area (Å²) >= 11 is 1.00. The third-order valence-electron chi connectivity index (χ3n) is 6.99. The van der Waals surface area contributed by atoms with Gasteiger partial charge in [-0.3, -0.25) is 19.3 Å². The average Bonchev–Trinajstić information content (AvgIpc) is 3.26. The van der Waals surface area contributed by atoms with Crippen LogP contribution in [0.25, 0.3) is 0 Å². The van der Waals surface area contributed by atoms with Crippen LogP contribution in [0.4, 0.5) is 14.5 Å². The van der Waals surface area contributed by atoms with Crippen molar-refractivity contribution in [1.29, 1.82) is 0 Å². The first-order valence-electron chi connectivity index (χ1n) is 13.2. The van der Waals surface area contributed by atoms with Gasteiger partial charge in [0.25, 0.3) is 5.91 Å². The minimum Gasteiger partial charge on any atom is -0.478 e. The third kappa shape index (κ3) is 6.49. The second-order valence-corrected chi connectivity index (χ2v) is 10.9. The van der Waals surface area contributed by atoms with Crippen molar-refractivity contribution in [1.82, 2.24) is 15.1 Å². The number of fused-ring (bicyclic) bond motifs is 1. The summed E-state index contributed by atoms with van der Waals surface area (Å²) in [7, 11) is 0. The normalized spacial score (nSPS) is 17.5. The summed E-state index contributed by atoms with van der Waals surface area (Å²) in [6.45, 7) is 0.892. The van der Waals surface area contributed by atoms with E-state index in [0.717, 1.165) is 23.4 Å². The van der Waals surface area contributed by atoms with Gasteiger partial charge in [0, 0.05) is 44.2 Å². The predicted octanol–water partition coefficient (Wildman–Crippen LogP) is 4.00. The minimum atomic E-state index is -1.06. The Bertz CT molecular complexity index is 1580. The van der Waals surface area contributed by atoms with Gasteiger partial charge in [-0.25, -0.2) is 18.6 Å². The van der Waals surface area contributed by atoms with Crippen LogP contribution >= 0.6 is 11.8 Å². The average molecular weight is 593 g/mol. The van der Waals surface area contributed by atoms with Crippen molar-refractivity contribution in [3.05, 3.63) is 101 Å². The molecule has 2 N–H and O–H groups in total. The van der Waals surface area contributed by atoms with Crippen LogP contribution in [-0.4, -0.2) is 68.6 Å². The number of thioether (sulfide) groups is 1. The number of carbonyl (C=O) groups excluding carboxylic acids is 3. The van der Waals surface area contributed by atoms with E-state index in [1.807, 2.05) is 12.1 Å². The molecule has 1 unspecified atom stereocenters. The number of aliphatic imine (C=N–C) groups is 1. The van der Waals surface area contributed by atoms with Gasteiger partial charge in [-0.2, -0.15) is 0 Å². The number of carboxylic acid groups (broad SMARTS) is 1. The Morgan fingerprint density at radius 3 is 2.52 bits per heavy atom. The highest BCUT2D eigenvalue weighted by Crippen LogP contribution is 2.32. The first-order valence-corrected chi connectivity index (χ1v) is 14.1. The summed E-state index contributed by atoms with van der Waals surface area (Å²) in [5.41, 5.74) is 2.22. The molecular weight excluding hydrogens is 566 g/mol. The molecule has 5 rings (SSSR count). The molecule has 1 saturated heterocycles. The number of carboxylic acids is 1. The SMILES string of the molecule is O=C(CC1SC(=Nc2ccc(F)cc2F)N(CCN2CCc3ccccc3C2=O)C1=O)NCc1ccc(C(=O)O)cc1. The highest BCUT2D eigenvalue weighted by atomic mass is 32.2. The molecule has 1 atom stereocenters. The Morgan fingerprint density at radius 1 is 1.02 bits per heavy atom. The van der Waals surface area contributed by atoms with E-state index in [1.54, 1.807) is 29.2 Å². The standard InChI is InChI=1S/C30H26F2N4O5S/c31-21-9-10-24(23(32)15-21)34-30-36(14-13-35-12-11-19-3-1-2-4-22(19)27(35)38)28(39)25(42-30)16-26(37)33-17-18-5-7-20(8-6-18)29(40)41/h1-10,15,25H,11-14,16-17H2,(H,33,37)(H,40,41). The highest BCUT2D eigenvalue weighted by Gasteiger charge is 2.39. The maximum atomic E-state index is 14.4. The lowest BCUT2D eigenvalue weighted by Crippen LogP contribution is -2.44. The van der Waals surface area contributed by atoms with Gasteiger partial charge < -0.3 is 15.3 Å². The van der Waals surface area contributed by atoms with Crippen LogP contribution in [0, 0.1) is 11.6 Å². The number of amides is 3. The number of amidine groups is 1. The zero-order valence-corrected chi connectivity index (χ0v) is 23.1. The van der Waals surface area contributed by atoms with Crippen LogP contribution in [0.1, 0.15) is 38.3 Å². The molecule has 2 aliphatic heterocycles. The van der Waals surface area contributed by atoms with Gasteiger partial charge >= 0.3 is 5.97 Å². The fourth-order valence-electron chi connectivity index (χ4n) is 4.72.